The van der Waals surface area contributed by atoms with Crippen molar-refractivity contribution in [2.24, 2.45) is 5.73 Å². The van der Waals surface area contributed by atoms with E-state index in [9.17, 15) is 14.4 Å². The fourth-order valence-electron chi connectivity index (χ4n) is 1.35. The Kier molecular flexibility index (Phi) is 5.31. The number of aryl methyl sites for hydroxylation is 1. The molecule has 0 spiro atoms. The van der Waals surface area contributed by atoms with E-state index in [-0.39, 0.29) is 0 Å². The molecule has 1 aromatic rings. The standard InChI is InChI=1S/C11H15N3O4S/c1-6-4-19-5-7(6)3-13-11(18)14-8(10(16)17)2-9(12)15/h4-5,8H,2-3H2,1H3,(H2,12,15)(H,16,17)(H2,13,14,18)/t8-/m1/s1. The van der Waals surface area contributed by atoms with Crippen molar-refractivity contribution < 1.29 is 19.5 Å². The van der Waals surface area contributed by atoms with Crippen LogP contribution in [-0.2, 0) is 16.1 Å². The van der Waals surface area contributed by atoms with Gasteiger partial charge in [-0.3, -0.25) is 4.79 Å². The van der Waals surface area contributed by atoms with Crippen molar-refractivity contribution >= 4 is 29.2 Å². The van der Waals surface area contributed by atoms with E-state index in [0.717, 1.165) is 11.1 Å². The number of carbonyl (C=O) groups excluding carboxylic acids is 2. The molecule has 0 unspecified atom stereocenters. The van der Waals surface area contributed by atoms with Crippen LogP contribution in [-0.4, -0.2) is 29.1 Å². The second-order valence-corrected chi connectivity index (χ2v) is 4.71. The van der Waals surface area contributed by atoms with Gasteiger partial charge in [0.25, 0.3) is 0 Å². The first-order chi connectivity index (χ1) is 8.90. The van der Waals surface area contributed by atoms with Gasteiger partial charge >= 0.3 is 12.0 Å². The zero-order valence-corrected chi connectivity index (χ0v) is 11.1. The van der Waals surface area contributed by atoms with Crippen molar-refractivity contribution in [2.45, 2.75) is 25.9 Å². The van der Waals surface area contributed by atoms with Crippen molar-refractivity contribution in [1.82, 2.24) is 10.6 Å². The SMILES string of the molecule is Cc1cscc1CNC(=O)N[C@H](CC(N)=O)C(=O)O. The van der Waals surface area contributed by atoms with Gasteiger partial charge in [0.1, 0.15) is 6.04 Å². The summed E-state index contributed by atoms with van der Waals surface area (Å²) in [6.07, 6.45) is -0.444. The summed E-state index contributed by atoms with van der Waals surface area (Å²) in [6.45, 7) is 2.21. The summed E-state index contributed by atoms with van der Waals surface area (Å²) in [5.41, 5.74) is 6.92. The van der Waals surface area contributed by atoms with Crippen LogP contribution in [0.4, 0.5) is 4.79 Å². The Morgan fingerprint density at radius 2 is 2.11 bits per heavy atom. The van der Waals surface area contributed by atoms with Gasteiger partial charge in [-0.25, -0.2) is 9.59 Å². The van der Waals surface area contributed by atoms with Gasteiger partial charge in [0.15, 0.2) is 0 Å². The summed E-state index contributed by atoms with van der Waals surface area (Å²) in [7, 11) is 0. The normalized spacial score (nSPS) is 11.6. The number of urea groups is 1. The Morgan fingerprint density at radius 1 is 1.42 bits per heavy atom. The minimum atomic E-state index is -1.32. The van der Waals surface area contributed by atoms with Crippen molar-refractivity contribution in [1.29, 1.82) is 0 Å². The summed E-state index contributed by atoms with van der Waals surface area (Å²) in [5.74, 6) is -2.10. The molecule has 8 heteroatoms. The van der Waals surface area contributed by atoms with Gasteiger partial charge < -0.3 is 21.5 Å². The van der Waals surface area contributed by atoms with Crippen LogP contribution in [0.1, 0.15) is 17.5 Å². The predicted molar refractivity (Wildman–Crippen MR) is 69.7 cm³/mol. The minimum Gasteiger partial charge on any atom is -0.480 e. The highest BCUT2D eigenvalue weighted by Crippen LogP contribution is 2.12. The summed E-state index contributed by atoms with van der Waals surface area (Å²) in [4.78, 5) is 33.0. The van der Waals surface area contributed by atoms with E-state index in [1.54, 1.807) is 0 Å². The predicted octanol–water partition coefficient (Wildman–Crippen LogP) is 0.184. The molecule has 0 aliphatic heterocycles. The number of nitrogens with one attached hydrogen (secondary N) is 2. The van der Waals surface area contributed by atoms with Gasteiger partial charge in [0, 0.05) is 6.54 Å². The monoisotopic (exact) mass is 285 g/mol. The van der Waals surface area contributed by atoms with Gasteiger partial charge in [-0.1, -0.05) is 0 Å². The summed E-state index contributed by atoms with van der Waals surface area (Å²) < 4.78 is 0. The van der Waals surface area contributed by atoms with Crippen LogP contribution >= 0.6 is 11.3 Å². The zero-order valence-electron chi connectivity index (χ0n) is 10.3. The molecule has 1 heterocycles. The fourth-order valence-corrected chi connectivity index (χ4v) is 2.21. The number of carbonyl (C=O) groups is 3. The van der Waals surface area contributed by atoms with E-state index in [1.165, 1.54) is 11.3 Å². The van der Waals surface area contributed by atoms with E-state index in [4.69, 9.17) is 10.8 Å². The molecular formula is C11H15N3O4S. The Bertz CT molecular complexity index is 486. The Labute approximate surface area is 113 Å². The topological polar surface area (TPSA) is 122 Å². The molecule has 0 aliphatic rings. The molecule has 0 aromatic carbocycles. The smallest absolute Gasteiger partial charge is 0.326 e. The van der Waals surface area contributed by atoms with Crippen LogP contribution in [0.25, 0.3) is 0 Å². The highest BCUT2D eigenvalue weighted by Gasteiger charge is 2.21. The van der Waals surface area contributed by atoms with E-state index in [1.807, 2.05) is 17.7 Å². The van der Waals surface area contributed by atoms with Gasteiger partial charge in [-0.05, 0) is 28.8 Å². The molecular weight excluding hydrogens is 270 g/mol. The van der Waals surface area contributed by atoms with Crippen LogP contribution in [0.15, 0.2) is 10.8 Å². The molecule has 1 rings (SSSR count). The molecule has 3 amide bonds. The minimum absolute atomic E-state index is 0.296. The number of primary amides is 1. The number of carboxylic acids is 1. The third-order valence-electron chi connectivity index (χ3n) is 2.41. The Morgan fingerprint density at radius 3 is 2.58 bits per heavy atom. The van der Waals surface area contributed by atoms with Gasteiger partial charge in [-0.2, -0.15) is 11.3 Å². The molecule has 1 atom stereocenters. The molecule has 7 nitrogen and oxygen atoms in total. The molecule has 0 aliphatic carbocycles. The van der Waals surface area contributed by atoms with E-state index >= 15 is 0 Å². The number of amides is 3. The van der Waals surface area contributed by atoms with E-state index in [2.05, 4.69) is 10.6 Å². The third kappa shape index (κ3) is 4.96. The van der Waals surface area contributed by atoms with E-state index in [0.29, 0.717) is 6.54 Å². The van der Waals surface area contributed by atoms with Crippen LogP contribution in [0.5, 0.6) is 0 Å². The number of thiophene rings is 1. The van der Waals surface area contributed by atoms with Crippen LogP contribution < -0.4 is 16.4 Å². The molecule has 1 aromatic heterocycles. The highest BCUT2D eigenvalue weighted by molar-refractivity contribution is 7.08. The largest absolute Gasteiger partial charge is 0.480 e. The van der Waals surface area contributed by atoms with Crippen molar-refractivity contribution in [3.63, 3.8) is 0 Å². The fraction of sp³-hybridized carbons (Fsp3) is 0.364. The number of aliphatic carboxylic acids is 1. The first-order valence-electron chi connectivity index (χ1n) is 5.47. The van der Waals surface area contributed by atoms with E-state index < -0.39 is 30.4 Å². The first kappa shape index (κ1) is 15.0. The molecule has 0 saturated heterocycles. The lowest BCUT2D eigenvalue weighted by molar-refractivity contribution is -0.140. The Hall–Kier alpha value is -2.09. The lowest BCUT2D eigenvalue weighted by atomic mass is 10.2. The molecule has 104 valence electrons. The maximum absolute atomic E-state index is 11.5. The maximum Gasteiger partial charge on any atom is 0.326 e. The summed E-state index contributed by atoms with van der Waals surface area (Å²) in [5, 5.41) is 17.4. The average Bonchev–Trinajstić information content (AvgIpc) is 2.70. The van der Waals surface area contributed by atoms with Gasteiger partial charge in [-0.15, -0.1) is 0 Å². The number of rotatable bonds is 6. The summed E-state index contributed by atoms with van der Waals surface area (Å²) >= 11 is 1.52. The molecule has 0 fully saturated rings. The quantitative estimate of drug-likeness (QED) is 0.595. The van der Waals surface area contributed by atoms with Crippen molar-refractivity contribution in [3.05, 3.63) is 21.9 Å². The molecule has 0 saturated carbocycles. The van der Waals surface area contributed by atoms with Crippen LogP contribution in [0, 0.1) is 6.92 Å². The maximum atomic E-state index is 11.5. The van der Waals surface area contributed by atoms with Crippen LogP contribution in [0.2, 0.25) is 0 Å². The van der Waals surface area contributed by atoms with Crippen molar-refractivity contribution in [3.8, 4) is 0 Å². The number of nitrogens with two attached hydrogens (primary N) is 1. The summed E-state index contributed by atoms with van der Waals surface area (Å²) in [6, 6.07) is -1.97. The second-order valence-electron chi connectivity index (χ2n) is 3.97. The first-order valence-corrected chi connectivity index (χ1v) is 6.41. The number of carboxylic acid groups (broad SMARTS) is 1. The molecule has 0 radical (unpaired) electrons. The molecule has 0 bridgehead atoms. The lowest BCUT2D eigenvalue weighted by Crippen LogP contribution is -2.47. The number of hydrogen-bond acceptors (Lipinski definition) is 4. The van der Waals surface area contributed by atoms with Gasteiger partial charge in [0.2, 0.25) is 5.91 Å². The van der Waals surface area contributed by atoms with Gasteiger partial charge in [0.05, 0.1) is 6.42 Å². The van der Waals surface area contributed by atoms with Crippen molar-refractivity contribution in [2.75, 3.05) is 0 Å². The molecule has 5 N–H and O–H groups in total. The Balaban J connectivity index is 2.47. The third-order valence-corrected chi connectivity index (χ3v) is 3.32. The highest BCUT2D eigenvalue weighted by atomic mass is 32.1. The number of hydrogen-bond donors (Lipinski definition) is 4. The zero-order chi connectivity index (χ0) is 14.4. The van der Waals surface area contributed by atoms with Crippen LogP contribution in [0.3, 0.4) is 0 Å². The average molecular weight is 285 g/mol. The lowest BCUT2D eigenvalue weighted by Gasteiger charge is -2.13. The second kappa shape index (κ2) is 6.74. The molecule has 19 heavy (non-hydrogen) atoms.